The van der Waals surface area contributed by atoms with Gasteiger partial charge in [0.2, 0.25) is 21.8 Å². The molecule has 0 saturated carbocycles. The van der Waals surface area contributed by atoms with Crippen LogP contribution >= 0.6 is 0 Å². The molecule has 1 aromatic heterocycles. The number of hydrogen-bond acceptors (Lipinski definition) is 6. The zero-order chi connectivity index (χ0) is 27.5. The molecule has 1 heterocycles. The second kappa shape index (κ2) is 13.7. The minimum Gasteiger partial charge on any atom is -0.497 e. The molecular formula is C28H34N4O5S. The molecular weight excluding hydrogens is 504 g/mol. The number of carbonyl (C=O) groups excluding carboxylic acids is 2. The average Bonchev–Trinajstić information content (AvgIpc) is 2.94. The molecule has 0 radical (unpaired) electrons. The summed E-state index contributed by atoms with van der Waals surface area (Å²) in [6.45, 7) is 4.32. The number of ether oxygens (including phenoxy) is 1. The number of aromatic nitrogens is 1. The standard InChI is InChI=1S/C28H34N4O5S/c1-4-31-38(35,36)26-12-7-22(8-13-26)9-14-27(33)32(20-24-5-10-25(37-3)11-6-24)21(2)28(34)30-19-23-15-17-29-18-16-23/h5-8,10-13,15-18,21,31H,4,9,14,19-20H2,1-3H3,(H,30,34)/t21-/m1/s1. The lowest BCUT2D eigenvalue weighted by Gasteiger charge is -2.29. The molecule has 0 saturated heterocycles. The topological polar surface area (TPSA) is 118 Å². The fourth-order valence-corrected chi connectivity index (χ4v) is 4.89. The number of amides is 2. The van der Waals surface area contributed by atoms with Crippen LogP contribution in [0.5, 0.6) is 5.75 Å². The van der Waals surface area contributed by atoms with E-state index in [1.807, 2.05) is 36.4 Å². The maximum atomic E-state index is 13.4. The molecule has 10 heteroatoms. The summed E-state index contributed by atoms with van der Waals surface area (Å²) >= 11 is 0. The summed E-state index contributed by atoms with van der Waals surface area (Å²) in [5.41, 5.74) is 2.60. The van der Waals surface area contributed by atoms with E-state index < -0.39 is 16.1 Å². The second-order valence-electron chi connectivity index (χ2n) is 8.76. The maximum Gasteiger partial charge on any atom is 0.242 e. The van der Waals surface area contributed by atoms with E-state index in [0.29, 0.717) is 25.3 Å². The zero-order valence-electron chi connectivity index (χ0n) is 21.9. The SMILES string of the molecule is CCNS(=O)(=O)c1ccc(CCC(=O)N(Cc2ccc(OC)cc2)[C@H](C)C(=O)NCc2ccncc2)cc1. The lowest BCUT2D eigenvalue weighted by molar-refractivity contribution is -0.140. The van der Waals surface area contributed by atoms with Gasteiger partial charge in [-0.2, -0.15) is 0 Å². The normalized spacial score (nSPS) is 12.0. The second-order valence-corrected chi connectivity index (χ2v) is 10.5. The van der Waals surface area contributed by atoms with Crippen LogP contribution in [0.4, 0.5) is 0 Å². The van der Waals surface area contributed by atoms with Gasteiger partial charge >= 0.3 is 0 Å². The van der Waals surface area contributed by atoms with Gasteiger partial charge in [-0.05, 0) is 66.4 Å². The van der Waals surface area contributed by atoms with E-state index in [1.54, 1.807) is 50.4 Å². The summed E-state index contributed by atoms with van der Waals surface area (Å²) in [5, 5.41) is 2.90. The Labute approximate surface area is 224 Å². The number of pyridine rings is 1. The summed E-state index contributed by atoms with van der Waals surface area (Å²) in [7, 11) is -1.95. The highest BCUT2D eigenvalue weighted by atomic mass is 32.2. The van der Waals surface area contributed by atoms with Crippen LogP contribution in [0.2, 0.25) is 0 Å². The first-order valence-electron chi connectivity index (χ1n) is 12.4. The van der Waals surface area contributed by atoms with Gasteiger partial charge in [-0.1, -0.05) is 31.2 Å². The van der Waals surface area contributed by atoms with Gasteiger partial charge in [0, 0.05) is 38.4 Å². The number of methoxy groups -OCH3 is 1. The first-order chi connectivity index (χ1) is 18.2. The third kappa shape index (κ3) is 8.12. The van der Waals surface area contributed by atoms with Crippen LogP contribution in [0.1, 0.15) is 37.0 Å². The van der Waals surface area contributed by atoms with Crippen molar-refractivity contribution in [3.05, 3.63) is 89.7 Å². The molecule has 0 aliphatic heterocycles. The van der Waals surface area contributed by atoms with Crippen molar-refractivity contribution < 1.29 is 22.7 Å². The molecule has 3 rings (SSSR count). The molecule has 0 aliphatic carbocycles. The Hall–Kier alpha value is -3.76. The summed E-state index contributed by atoms with van der Waals surface area (Å²) in [4.78, 5) is 32.1. The Kier molecular flexibility index (Phi) is 10.4. The van der Waals surface area contributed by atoms with E-state index in [4.69, 9.17) is 4.74 Å². The molecule has 2 aromatic carbocycles. The van der Waals surface area contributed by atoms with E-state index in [-0.39, 0.29) is 29.7 Å². The summed E-state index contributed by atoms with van der Waals surface area (Å²) in [6.07, 6.45) is 3.89. The lowest BCUT2D eigenvalue weighted by atomic mass is 10.1. The van der Waals surface area contributed by atoms with Crippen LogP contribution in [-0.2, 0) is 39.1 Å². The Morgan fingerprint density at radius 1 is 0.947 bits per heavy atom. The predicted molar refractivity (Wildman–Crippen MR) is 145 cm³/mol. The molecule has 0 unspecified atom stereocenters. The van der Waals surface area contributed by atoms with Gasteiger partial charge in [-0.3, -0.25) is 14.6 Å². The van der Waals surface area contributed by atoms with Gasteiger partial charge in [-0.25, -0.2) is 13.1 Å². The van der Waals surface area contributed by atoms with Crippen molar-refractivity contribution in [3.8, 4) is 5.75 Å². The van der Waals surface area contributed by atoms with E-state index in [0.717, 1.165) is 16.7 Å². The molecule has 0 spiro atoms. The fraction of sp³-hybridized carbons (Fsp3) is 0.321. The molecule has 1 atom stereocenters. The van der Waals surface area contributed by atoms with Crippen LogP contribution in [0.25, 0.3) is 0 Å². The largest absolute Gasteiger partial charge is 0.497 e. The van der Waals surface area contributed by atoms with Crippen LogP contribution in [0.3, 0.4) is 0 Å². The smallest absolute Gasteiger partial charge is 0.242 e. The van der Waals surface area contributed by atoms with Gasteiger partial charge in [0.1, 0.15) is 11.8 Å². The van der Waals surface area contributed by atoms with Gasteiger partial charge in [0.05, 0.1) is 12.0 Å². The lowest BCUT2D eigenvalue weighted by Crippen LogP contribution is -2.47. The average molecular weight is 539 g/mol. The molecule has 3 aromatic rings. The third-order valence-electron chi connectivity index (χ3n) is 6.09. The van der Waals surface area contributed by atoms with Gasteiger partial charge in [0.25, 0.3) is 0 Å². The molecule has 9 nitrogen and oxygen atoms in total. The van der Waals surface area contributed by atoms with E-state index in [2.05, 4.69) is 15.0 Å². The molecule has 2 N–H and O–H groups in total. The maximum absolute atomic E-state index is 13.4. The number of nitrogens with zero attached hydrogens (tertiary/aromatic N) is 2. The van der Waals surface area contributed by atoms with Crippen LogP contribution in [0.15, 0.2) is 78.0 Å². The fourth-order valence-electron chi connectivity index (χ4n) is 3.85. The Bertz CT molecular complexity index is 1300. The molecule has 0 fully saturated rings. The molecule has 0 aliphatic rings. The number of aryl methyl sites for hydroxylation is 1. The van der Waals surface area contributed by atoms with Gasteiger partial charge in [-0.15, -0.1) is 0 Å². The van der Waals surface area contributed by atoms with Crippen molar-refractivity contribution >= 4 is 21.8 Å². The number of sulfonamides is 1. The number of hydrogen-bond donors (Lipinski definition) is 2. The summed E-state index contributed by atoms with van der Waals surface area (Å²) in [6, 6.07) is 16.8. The number of nitrogens with one attached hydrogen (secondary N) is 2. The van der Waals surface area contributed by atoms with Gasteiger partial charge in [0.15, 0.2) is 0 Å². The Balaban J connectivity index is 1.70. The van der Waals surface area contributed by atoms with Crippen molar-refractivity contribution in [2.24, 2.45) is 0 Å². The molecule has 0 bridgehead atoms. The van der Waals surface area contributed by atoms with E-state index >= 15 is 0 Å². The molecule has 38 heavy (non-hydrogen) atoms. The number of benzene rings is 2. The number of carbonyl (C=O) groups is 2. The molecule has 202 valence electrons. The van der Waals surface area contributed by atoms with Crippen LogP contribution in [0, 0.1) is 0 Å². The highest BCUT2D eigenvalue weighted by Crippen LogP contribution is 2.17. The quantitative estimate of drug-likeness (QED) is 0.345. The third-order valence-corrected chi connectivity index (χ3v) is 7.65. The van der Waals surface area contributed by atoms with Crippen molar-refractivity contribution in [2.45, 2.75) is 50.7 Å². The van der Waals surface area contributed by atoms with Gasteiger partial charge < -0.3 is 15.0 Å². The van der Waals surface area contributed by atoms with Crippen LogP contribution < -0.4 is 14.8 Å². The van der Waals surface area contributed by atoms with Crippen LogP contribution in [-0.4, -0.2) is 49.8 Å². The van der Waals surface area contributed by atoms with Crippen molar-refractivity contribution in [1.82, 2.24) is 19.9 Å². The van der Waals surface area contributed by atoms with Crippen molar-refractivity contribution in [2.75, 3.05) is 13.7 Å². The first kappa shape index (κ1) is 28.8. The zero-order valence-corrected chi connectivity index (χ0v) is 22.7. The Morgan fingerprint density at radius 2 is 1.58 bits per heavy atom. The predicted octanol–water partition coefficient (Wildman–Crippen LogP) is 3.05. The minimum absolute atomic E-state index is 0.164. The number of rotatable bonds is 13. The highest BCUT2D eigenvalue weighted by molar-refractivity contribution is 7.89. The minimum atomic E-state index is -3.54. The van der Waals surface area contributed by atoms with Crippen molar-refractivity contribution in [1.29, 1.82) is 0 Å². The summed E-state index contributed by atoms with van der Waals surface area (Å²) < 4.78 is 32.0. The summed E-state index contributed by atoms with van der Waals surface area (Å²) in [5.74, 6) is 0.257. The van der Waals surface area contributed by atoms with E-state index in [9.17, 15) is 18.0 Å². The van der Waals surface area contributed by atoms with Crippen molar-refractivity contribution in [3.63, 3.8) is 0 Å². The molecule has 2 amide bonds. The first-order valence-corrected chi connectivity index (χ1v) is 13.9. The Morgan fingerprint density at radius 3 is 2.18 bits per heavy atom. The highest BCUT2D eigenvalue weighted by Gasteiger charge is 2.26. The van der Waals surface area contributed by atoms with E-state index in [1.165, 1.54) is 12.1 Å². The monoisotopic (exact) mass is 538 g/mol.